The van der Waals surface area contributed by atoms with Gasteiger partial charge in [-0.05, 0) is 39.5 Å². The van der Waals surface area contributed by atoms with Crippen molar-refractivity contribution in [1.82, 2.24) is 29.3 Å². The van der Waals surface area contributed by atoms with Gasteiger partial charge in [-0.25, -0.2) is 19.7 Å². The van der Waals surface area contributed by atoms with Crippen molar-refractivity contribution in [2.75, 3.05) is 38.5 Å². The standard InChI is InChI=1S/C22H31N7O2/c1-22(2,3)31-21(30)28-13-11-27(12-14-28)10-6-9-17-25-19(23)18-20(26-17)29(15-24-18)16-7-4-5-8-16/h15-16H,4-5,7-8,10-14H2,1-3H3,(H2,23,25,26). The number of anilines is 1. The number of nitrogen functional groups attached to an aromatic ring is 1. The molecule has 3 heterocycles. The molecule has 0 unspecified atom stereocenters. The second-order valence-electron chi connectivity index (χ2n) is 9.24. The van der Waals surface area contributed by atoms with Gasteiger partial charge in [0.25, 0.3) is 0 Å². The van der Waals surface area contributed by atoms with Crippen LogP contribution in [0.3, 0.4) is 0 Å². The van der Waals surface area contributed by atoms with Gasteiger partial charge in [0, 0.05) is 32.2 Å². The van der Waals surface area contributed by atoms with E-state index in [1.807, 2.05) is 27.1 Å². The molecule has 9 heteroatoms. The van der Waals surface area contributed by atoms with Gasteiger partial charge in [-0.3, -0.25) is 4.90 Å². The molecule has 166 valence electrons. The Morgan fingerprint density at radius 2 is 1.90 bits per heavy atom. The molecule has 4 rings (SSSR count). The number of piperazine rings is 1. The minimum Gasteiger partial charge on any atom is -0.444 e. The first kappa shape index (κ1) is 21.4. The number of carbonyl (C=O) groups excluding carboxylic acids is 1. The van der Waals surface area contributed by atoms with Crippen LogP contribution in [0.4, 0.5) is 10.6 Å². The van der Waals surface area contributed by atoms with Gasteiger partial charge >= 0.3 is 6.09 Å². The molecule has 0 radical (unpaired) electrons. The molecule has 2 fully saturated rings. The molecule has 1 aliphatic heterocycles. The SMILES string of the molecule is CC(C)(C)OC(=O)N1CCN(CC#Cc2nc(N)c3ncn(C4CCCC4)c3n2)CC1. The summed E-state index contributed by atoms with van der Waals surface area (Å²) in [5.74, 6) is 7.02. The third-order valence-electron chi connectivity index (χ3n) is 5.69. The van der Waals surface area contributed by atoms with Crippen molar-refractivity contribution in [2.45, 2.75) is 58.1 Å². The van der Waals surface area contributed by atoms with Crippen LogP contribution in [0.1, 0.15) is 58.3 Å². The lowest BCUT2D eigenvalue weighted by molar-refractivity contribution is 0.0155. The molecule has 2 aromatic heterocycles. The first-order chi connectivity index (χ1) is 14.8. The maximum atomic E-state index is 12.2. The molecule has 1 amide bonds. The zero-order valence-corrected chi connectivity index (χ0v) is 18.6. The second-order valence-corrected chi connectivity index (χ2v) is 9.24. The average molecular weight is 426 g/mol. The van der Waals surface area contributed by atoms with E-state index in [-0.39, 0.29) is 6.09 Å². The zero-order chi connectivity index (χ0) is 22.0. The van der Waals surface area contributed by atoms with E-state index in [4.69, 9.17) is 10.5 Å². The van der Waals surface area contributed by atoms with Gasteiger partial charge in [0.1, 0.15) is 11.1 Å². The van der Waals surface area contributed by atoms with Crippen LogP contribution in [0.25, 0.3) is 11.2 Å². The molecule has 0 aromatic carbocycles. The summed E-state index contributed by atoms with van der Waals surface area (Å²) >= 11 is 0. The number of imidazole rings is 1. The monoisotopic (exact) mass is 425 g/mol. The lowest BCUT2D eigenvalue weighted by atomic mass is 10.2. The van der Waals surface area contributed by atoms with Crippen LogP contribution in [0, 0.1) is 11.8 Å². The molecule has 0 atom stereocenters. The highest BCUT2D eigenvalue weighted by Crippen LogP contribution is 2.32. The number of nitrogens with two attached hydrogens (primary N) is 1. The van der Waals surface area contributed by atoms with Crippen LogP contribution < -0.4 is 5.73 Å². The number of rotatable bonds is 2. The van der Waals surface area contributed by atoms with Crippen molar-refractivity contribution >= 4 is 23.1 Å². The Bertz CT molecular complexity index is 1000. The van der Waals surface area contributed by atoms with Crippen molar-refractivity contribution in [3.05, 3.63) is 12.2 Å². The van der Waals surface area contributed by atoms with E-state index < -0.39 is 5.60 Å². The Labute approximate surface area is 183 Å². The van der Waals surface area contributed by atoms with Gasteiger partial charge in [0.15, 0.2) is 11.5 Å². The van der Waals surface area contributed by atoms with Crippen molar-refractivity contribution in [3.8, 4) is 11.8 Å². The quantitative estimate of drug-likeness (QED) is 0.737. The first-order valence-corrected chi connectivity index (χ1v) is 11.0. The van der Waals surface area contributed by atoms with Crippen LogP contribution in [0.2, 0.25) is 0 Å². The van der Waals surface area contributed by atoms with Gasteiger partial charge in [0.2, 0.25) is 5.82 Å². The smallest absolute Gasteiger partial charge is 0.410 e. The number of nitrogens with zero attached hydrogens (tertiary/aromatic N) is 6. The van der Waals surface area contributed by atoms with Crippen molar-refractivity contribution in [2.24, 2.45) is 0 Å². The predicted molar refractivity (Wildman–Crippen MR) is 118 cm³/mol. The van der Waals surface area contributed by atoms with E-state index >= 15 is 0 Å². The molecule has 2 aliphatic rings. The fraction of sp³-hybridized carbons (Fsp3) is 0.636. The minimum atomic E-state index is -0.476. The average Bonchev–Trinajstić information content (AvgIpc) is 3.37. The molecular weight excluding hydrogens is 394 g/mol. The maximum absolute atomic E-state index is 12.2. The lowest BCUT2D eigenvalue weighted by Crippen LogP contribution is -2.50. The van der Waals surface area contributed by atoms with Gasteiger partial charge in [-0.2, -0.15) is 0 Å². The third-order valence-corrected chi connectivity index (χ3v) is 5.69. The fourth-order valence-electron chi connectivity index (χ4n) is 4.09. The Kier molecular flexibility index (Phi) is 6.01. The maximum Gasteiger partial charge on any atom is 0.410 e. The molecule has 1 saturated carbocycles. The number of hydrogen-bond acceptors (Lipinski definition) is 7. The summed E-state index contributed by atoms with van der Waals surface area (Å²) < 4.78 is 7.57. The van der Waals surface area contributed by atoms with Gasteiger partial charge in [-0.15, -0.1) is 0 Å². The molecule has 1 aliphatic carbocycles. The molecule has 0 spiro atoms. The number of ether oxygens (including phenoxy) is 1. The number of hydrogen-bond donors (Lipinski definition) is 1. The zero-order valence-electron chi connectivity index (χ0n) is 18.6. The number of aromatic nitrogens is 4. The number of fused-ring (bicyclic) bond motifs is 1. The molecule has 2 N–H and O–H groups in total. The molecular formula is C22H31N7O2. The summed E-state index contributed by atoms with van der Waals surface area (Å²) in [7, 11) is 0. The topological polar surface area (TPSA) is 102 Å². The third kappa shape index (κ3) is 5.07. The summed E-state index contributed by atoms with van der Waals surface area (Å²) in [5, 5.41) is 0. The molecule has 2 aromatic rings. The highest BCUT2D eigenvalue weighted by Gasteiger charge is 2.25. The highest BCUT2D eigenvalue weighted by molar-refractivity contribution is 5.82. The summed E-state index contributed by atoms with van der Waals surface area (Å²) in [6, 6.07) is 0.432. The van der Waals surface area contributed by atoms with Crippen molar-refractivity contribution in [1.29, 1.82) is 0 Å². The van der Waals surface area contributed by atoms with E-state index in [1.54, 1.807) is 4.90 Å². The second kappa shape index (κ2) is 8.71. The summed E-state index contributed by atoms with van der Waals surface area (Å²) in [4.78, 5) is 29.5. The predicted octanol–water partition coefficient (Wildman–Crippen LogP) is 2.43. The first-order valence-electron chi connectivity index (χ1n) is 11.0. The van der Waals surface area contributed by atoms with E-state index in [1.165, 1.54) is 12.8 Å². The van der Waals surface area contributed by atoms with Crippen LogP contribution in [0.5, 0.6) is 0 Å². The normalized spacial score (nSPS) is 18.2. The largest absolute Gasteiger partial charge is 0.444 e. The minimum absolute atomic E-state index is 0.255. The molecule has 31 heavy (non-hydrogen) atoms. The Balaban J connectivity index is 1.37. The van der Waals surface area contributed by atoms with Crippen LogP contribution in [-0.4, -0.2) is 73.7 Å². The summed E-state index contributed by atoms with van der Waals surface area (Å²) in [6.45, 7) is 9.00. The van der Waals surface area contributed by atoms with Gasteiger partial charge in [-0.1, -0.05) is 18.8 Å². The van der Waals surface area contributed by atoms with E-state index in [0.29, 0.717) is 42.8 Å². The van der Waals surface area contributed by atoms with E-state index in [0.717, 1.165) is 31.6 Å². The Morgan fingerprint density at radius 1 is 1.19 bits per heavy atom. The molecule has 0 bridgehead atoms. The van der Waals surface area contributed by atoms with Gasteiger partial charge < -0.3 is 19.9 Å². The van der Waals surface area contributed by atoms with E-state index in [2.05, 4.69) is 36.3 Å². The number of carbonyl (C=O) groups is 1. The Morgan fingerprint density at radius 3 is 2.58 bits per heavy atom. The highest BCUT2D eigenvalue weighted by atomic mass is 16.6. The Hall–Kier alpha value is -2.86. The van der Waals surface area contributed by atoms with Crippen LogP contribution >= 0.6 is 0 Å². The van der Waals surface area contributed by atoms with Crippen molar-refractivity contribution in [3.63, 3.8) is 0 Å². The fourth-order valence-corrected chi connectivity index (χ4v) is 4.09. The number of amides is 1. The van der Waals surface area contributed by atoms with Crippen LogP contribution in [0.15, 0.2) is 6.33 Å². The van der Waals surface area contributed by atoms with Gasteiger partial charge in [0.05, 0.1) is 12.9 Å². The van der Waals surface area contributed by atoms with E-state index in [9.17, 15) is 4.79 Å². The summed E-state index contributed by atoms with van der Waals surface area (Å²) in [6.07, 6.45) is 6.33. The summed E-state index contributed by atoms with van der Waals surface area (Å²) in [5.41, 5.74) is 7.06. The lowest BCUT2D eigenvalue weighted by Gasteiger charge is -2.34. The molecule has 1 saturated heterocycles. The molecule has 9 nitrogen and oxygen atoms in total. The van der Waals surface area contributed by atoms with Crippen LogP contribution in [-0.2, 0) is 4.74 Å². The van der Waals surface area contributed by atoms with Crippen molar-refractivity contribution < 1.29 is 9.53 Å².